The van der Waals surface area contributed by atoms with Crippen molar-refractivity contribution in [3.05, 3.63) is 0 Å². The number of carbonyl (C=O) groups excluding carboxylic acids is 2. The highest BCUT2D eigenvalue weighted by Crippen LogP contribution is 2.47. The van der Waals surface area contributed by atoms with E-state index >= 15 is 0 Å². The zero-order chi connectivity index (χ0) is 37.9. The quantitative estimate of drug-likeness (QED) is 0.0258. The van der Waals surface area contributed by atoms with Crippen LogP contribution in [0.1, 0.15) is 168 Å². The van der Waals surface area contributed by atoms with E-state index in [1.807, 2.05) is 0 Å². The third-order valence-corrected chi connectivity index (χ3v) is 10.4. The van der Waals surface area contributed by atoms with Gasteiger partial charge in [-0.25, -0.2) is 4.57 Å². The summed E-state index contributed by atoms with van der Waals surface area (Å²) in [7, 11) is -5.10. The molecule has 1 fully saturated rings. The molecule has 302 valence electrons. The smallest absolute Gasteiger partial charge is 0.462 e. The van der Waals surface area contributed by atoms with Gasteiger partial charge in [-0.3, -0.25) is 18.6 Å². The Morgan fingerprint density at radius 2 is 0.882 bits per heavy atom. The second kappa shape index (κ2) is 29.2. The fourth-order valence-electron chi connectivity index (χ4n) is 6.17. The lowest BCUT2D eigenvalue weighted by molar-refractivity contribution is -0.220. The third kappa shape index (κ3) is 22.6. The van der Waals surface area contributed by atoms with Crippen molar-refractivity contribution in [2.24, 2.45) is 0 Å². The summed E-state index contributed by atoms with van der Waals surface area (Å²) in [6.45, 7) is 3.25. The number of rotatable bonds is 32. The SMILES string of the molecule is CCCCCCCCCCCCCCC(=O)OC[C@H](COP(=O)(O)OC1C(O)C(O)C(O)[C@@H](O)C1O)OC(=O)CCCCCCCCCCCC. The van der Waals surface area contributed by atoms with E-state index in [2.05, 4.69) is 13.8 Å². The largest absolute Gasteiger partial charge is 0.472 e. The molecule has 1 aliphatic carbocycles. The van der Waals surface area contributed by atoms with Gasteiger partial charge in [-0.1, -0.05) is 142 Å². The van der Waals surface area contributed by atoms with Crippen LogP contribution in [0.3, 0.4) is 0 Å². The summed E-state index contributed by atoms with van der Waals surface area (Å²) in [4.78, 5) is 35.4. The molecule has 0 radical (unpaired) electrons. The van der Waals surface area contributed by atoms with E-state index in [0.29, 0.717) is 12.8 Å². The molecular weight excluding hydrogens is 683 g/mol. The molecule has 0 spiro atoms. The number of hydrogen-bond donors (Lipinski definition) is 6. The van der Waals surface area contributed by atoms with Crippen molar-refractivity contribution in [3.63, 3.8) is 0 Å². The van der Waals surface area contributed by atoms with E-state index in [-0.39, 0.29) is 12.8 Å². The Balaban J connectivity index is 2.53. The zero-order valence-corrected chi connectivity index (χ0v) is 32.3. The van der Waals surface area contributed by atoms with Crippen LogP contribution in [0.15, 0.2) is 0 Å². The molecule has 1 rings (SSSR count). The van der Waals surface area contributed by atoms with Crippen molar-refractivity contribution in [1.29, 1.82) is 0 Å². The Bertz CT molecular complexity index is 922. The summed E-state index contributed by atoms with van der Waals surface area (Å²) in [5, 5.41) is 49.9. The number of aliphatic hydroxyl groups is 5. The maximum atomic E-state index is 12.7. The molecule has 14 heteroatoms. The van der Waals surface area contributed by atoms with Crippen molar-refractivity contribution in [2.75, 3.05) is 13.2 Å². The van der Waals surface area contributed by atoms with Crippen LogP contribution in [0.25, 0.3) is 0 Å². The molecule has 6 unspecified atom stereocenters. The summed E-state index contributed by atoms with van der Waals surface area (Å²) >= 11 is 0. The highest BCUT2D eigenvalue weighted by molar-refractivity contribution is 7.47. The van der Waals surface area contributed by atoms with Crippen molar-refractivity contribution in [2.45, 2.75) is 211 Å². The Kier molecular flexibility index (Phi) is 27.4. The Hall–Kier alpha value is -1.15. The van der Waals surface area contributed by atoms with Gasteiger partial charge in [-0.05, 0) is 12.8 Å². The molecule has 51 heavy (non-hydrogen) atoms. The number of ether oxygens (including phenoxy) is 2. The molecule has 0 saturated heterocycles. The summed E-state index contributed by atoms with van der Waals surface area (Å²) in [6, 6.07) is 0. The second-order valence-electron chi connectivity index (χ2n) is 14.2. The van der Waals surface area contributed by atoms with Crippen LogP contribution in [-0.2, 0) is 32.7 Å². The first kappa shape index (κ1) is 47.9. The van der Waals surface area contributed by atoms with Gasteiger partial charge >= 0.3 is 19.8 Å². The lowest BCUT2D eigenvalue weighted by Gasteiger charge is -2.41. The van der Waals surface area contributed by atoms with E-state index in [4.69, 9.17) is 18.5 Å². The standard InChI is InChI=1S/C37H71O13P/c1-3-5-7-9-11-13-15-16-18-19-21-23-25-30(38)47-27-29(49-31(39)26-24-22-20-17-14-12-10-8-6-4-2)28-48-51(45,46)50-37-35(43)33(41)32(40)34(42)36(37)44/h29,32-37,40-44H,3-28H2,1-2H3,(H,45,46)/t29-,32?,33-,34?,35?,36?,37?/m1/s1. The van der Waals surface area contributed by atoms with Crippen LogP contribution < -0.4 is 0 Å². The van der Waals surface area contributed by atoms with Crippen LogP contribution in [0.4, 0.5) is 0 Å². The Morgan fingerprint density at radius 1 is 0.529 bits per heavy atom. The molecule has 0 aromatic heterocycles. The van der Waals surface area contributed by atoms with Gasteiger partial charge < -0.3 is 39.9 Å². The first-order valence-electron chi connectivity index (χ1n) is 19.8. The summed E-state index contributed by atoms with van der Waals surface area (Å²) < 4.78 is 33.3. The van der Waals surface area contributed by atoms with Gasteiger partial charge in [0.1, 0.15) is 43.2 Å². The van der Waals surface area contributed by atoms with Gasteiger partial charge in [0.2, 0.25) is 0 Å². The van der Waals surface area contributed by atoms with Crippen LogP contribution >= 0.6 is 7.82 Å². The van der Waals surface area contributed by atoms with E-state index in [1.165, 1.54) is 83.5 Å². The lowest BCUT2D eigenvalue weighted by Crippen LogP contribution is -2.64. The van der Waals surface area contributed by atoms with Crippen molar-refractivity contribution < 1.29 is 63.1 Å². The highest BCUT2D eigenvalue weighted by atomic mass is 31.2. The average molecular weight is 755 g/mol. The minimum absolute atomic E-state index is 0.103. The molecule has 0 amide bonds. The molecule has 0 heterocycles. The first-order chi connectivity index (χ1) is 24.4. The van der Waals surface area contributed by atoms with Crippen molar-refractivity contribution in [1.82, 2.24) is 0 Å². The first-order valence-corrected chi connectivity index (χ1v) is 21.3. The predicted molar refractivity (Wildman–Crippen MR) is 194 cm³/mol. The monoisotopic (exact) mass is 754 g/mol. The van der Waals surface area contributed by atoms with Crippen molar-refractivity contribution in [3.8, 4) is 0 Å². The molecule has 1 saturated carbocycles. The van der Waals surface area contributed by atoms with E-state index in [1.54, 1.807) is 0 Å². The number of carbonyl (C=O) groups is 2. The highest BCUT2D eigenvalue weighted by Gasteiger charge is 2.51. The van der Waals surface area contributed by atoms with Gasteiger partial charge in [0, 0.05) is 12.8 Å². The minimum atomic E-state index is -5.10. The molecule has 0 bridgehead atoms. The molecule has 13 nitrogen and oxygen atoms in total. The molecular formula is C37H71O13P. The zero-order valence-electron chi connectivity index (χ0n) is 31.4. The molecule has 0 aromatic rings. The van der Waals surface area contributed by atoms with E-state index in [9.17, 15) is 44.6 Å². The van der Waals surface area contributed by atoms with E-state index in [0.717, 1.165) is 44.9 Å². The summed E-state index contributed by atoms with van der Waals surface area (Å²) in [5.41, 5.74) is 0. The van der Waals surface area contributed by atoms with Crippen LogP contribution in [0.2, 0.25) is 0 Å². The van der Waals surface area contributed by atoms with Crippen LogP contribution in [0, 0.1) is 0 Å². The van der Waals surface area contributed by atoms with Gasteiger partial charge in [0.15, 0.2) is 6.10 Å². The lowest BCUT2D eigenvalue weighted by atomic mass is 9.85. The fourth-order valence-corrected chi connectivity index (χ4v) is 7.14. The van der Waals surface area contributed by atoms with E-state index < -0.39 is 75.7 Å². The Labute approximate surface area is 306 Å². The van der Waals surface area contributed by atoms with Crippen LogP contribution in [0.5, 0.6) is 0 Å². The maximum Gasteiger partial charge on any atom is 0.472 e. The normalized spacial score (nSPS) is 23.8. The predicted octanol–water partition coefficient (Wildman–Crippen LogP) is 6.16. The van der Waals surface area contributed by atoms with Crippen molar-refractivity contribution >= 4 is 19.8 Å². The minimum Gasteiger partial charge on any atom is -0.462 e. The number of phosphoric ester groups is 1. The average Bonchev–Trinajstić information content (AvgIpc) is 3.10. The van der Waals surface area contributed by atoms with Gasteiger partial charge in [-0.2, -0.15) is 0 Å². The summed E-state index contributed by atoms with van der Waals surface area (Å²) in [5.74, 6) is -1.09. The second-order valence-corrected chi connectivity index (χ2v) is 15.6. The van der Waals surface area contributed by atoms with Gasteiger partial charge in [-0.15, -0.1) is 0 Å². The van der Waals surface area contributed by atoms with Gasteiger partial charge in [0.05, 0.1) is 6.61 Å². The number of hydrogen-bond acceptors (Lipinski definition) is 12. The summed E-state index contributed by atoms with van der Waals surface area (Å²) in [6.07, 6.45) is 11.9. The number of unbranched alkanes of at least 4 members (excludes halogenated alkanes) is 20. The maximum absolute atomic E-state index is 12.7. The number of esters is 2. The fraction of sp³-hybridized carbons (Fsp3) is 0.946. The molecule has 0 aliphatic heterocycles. The molecule has 0 aromatic carbocycles. The Morgan fingerprint density at radius 3 is 1.29 bits per heavy atom. The third-order valence-electron chi connectivity index (χ3n) is 9.45. The molecule has 8 atom stereocenters. The number of phosphoric acid groups is 1. The van der Waals surface area contributed by atoms with Gasteiger partial charge in [0.25, 0.3) is 0 Å². The topological polar surface area (TPSA) is 210 Å². The number of aliphatic hydroxyl groups excluding tert-OH is 5. The molecule has 1 aliphatic rings. The van der Waals surface area contributed by atoms with Crippen LogP contribution in [-0.4, -0.2) is 98.3 Å². The molecule has 6 N–H and O–H groups in total.